The molecule has 0 heterocycles. The lowest BCUT2D eigenvalue weighted by atomic mass is 10.0. The molecule has 2 unspecified atom stereocenters. The molecule has 0 aromatic heterocycles. The van der Waals surface area contributed by atoms with E-state index in [1.54, 1.807) is 0 Å². The summed E-state index contributed by atoms with van der Waals surface area (Å²) in [6.45, 7) is 11.6. The standard InChI is InChI=1S/C62H120O17P2/c1-8-9-10-11-12-13-16-21-31-38-45-61(66)79-58(50-73-60(65)44-37-30-25-24-28-35-42-55(6)7)52-77-81(70,71)75-48-56(63)47-74-80(68,69)76-51-57(49-72-59(64)43-36-29-23-18-20-27-34-41-54(4)5)78-62(67)46-39-32-22-17-14-15-19-26-33-40-53(2)3/h53-58,63H,8-52H2,1-7H3,(H,68,69)(H,70,71)/t56-,57-,58-/m1/s1. The first-order valence-corrected chi connectivity index (χ1v) is 35.3. The van der Waals surface area contributed by atoms with Crippen LogP contribution in [0.25, 0.3) is 0 Å². The lowest BCUT2D eigenvalue weighted by Gasteiger charge is -2.21. The minimum atomic E-state index is -4.94. The third kappa shape index (κ3) is 56.9. The molecule has 0 saturated carbocycles. The number of unbranched alkanes of at least 4 members (excludes halogenated alkanes) is 28. The Morgan fingerprint density at radius 3 is 0.840 bits per heavy atom. The van der Waals surface area contributed by atoms with Crippen molar-refractivity contribution in [3.8, 4) is 0 Å². The predicted molar refractivity (Wildman–Crippen MR) is 321 cm³/mol. The summed E-state index contributed by atoms with van der Waals surface area (Å²) in [6, 6.07) is 0. The minimum Gasteiger partial charge on any atom is -0.462 e. The highest BCUT2D eigenvalue weighted by Gasteiger charge is 2.30. The average Bonchev–Trinajstić information content (AvgIpc) is 3.41. The molecule has 0 bridgehead atoms. The van der Waals surface area contributed by atoms with E-state index < -0.39 is 97.5 Å². The zero-order valence-corrected chi connectivity index (χ0v) is 54.0. The maximum Gasteiger partial charge on any atom is 0.472 e. The monoisotopic (exact) mass is 1200 g/mol. The van der Waals surface area contributed by atoms with Gasteiger partial charge in [-0.2, -0.15) is 0 Å². The number of aliphatic hydroxyl groups is 1. The largest absolute Gasteiger partial charge is 0.472 e. The number of carbonyl (C=O) groups is 4. The van der Waals surface area contributed by atoms with Crippen molar-refractivity contribution in [3.63, 3.8) is 0 Å². The molecule has 0 aromatic rings. The summed E-state index contributed by atoms with van der Waals surface area (Å²) < 4.78 is 67.9. The number of phosphoric ester groups is 2. The van der Waals surface area contributed by atoms with Crippen LogP contribution in [-0.4, -0.2) is 96.7 Å². The SMILES string of the molecule is CCCCCCCCCCCCC(=O)O[C@H](COC(=O)CCCCCCCCC(C)C)COP(=O)(O)OC[C@H](O)COP(=O)(O)OC[C@@H](COC(=O)CCCCCCCCCC(C)C)OC(=O)CCCCCCCCCCCC(C)C. The van der Waals surface area contributed by atoms with Gasteiger partial charge in [-0.3, -0.25) is 37.3 Å². The van der Waals surface area contributed by atoms with Gasteiger partial charge in [0.15, 0.2) is 12.2 Å². The molecule has 0 fully saturated rings. The molecule has 0 spiro atoms. The molecule has 0 radical (unpaired) electrons. The zero-order valence-electron chi connectivity index (χ0n) is 52.2. The molecule has 0 rings (SSSR count). The fourth-order valence-corrected chi connectivity index (χ4v) is 10.7. The molecular weight excluding hydrogens is 1080 g/mol. The van der Waals surface area contributed by atoms with Crippen molar-refractivity contribution < 1.29 is 80.2 Å². The Balaban J connectivity index is 5.24. The van der Waals surface area contributed by atoms with Crippen LogP contribution in [0.5, 0.6) is 0 Å². The lowest BCUT2D eigenvalue weighted by molar-refractivity contribution is -0.161. The van der Waals surface area contributed by atoms with Gasteiger partial charge in [0, 0.05) is 25.7 Å². The van der Waals surface area contributed by atoms with Crippen LogP contribution >= 0.6 is 15.6 Å². The first-order chi connectivity index (χ1) is 38.7. The molecule has 0 aliphatic heterocycles. The van der Waals surface area contributed by atoms with E-state index in [0.29, 0.717) is 37.5 Å². The van der Waals surface area contributed by atoms with E-state index in [0.717, 1.165) is 109 Å². The van der Waals surface area contributed by atoms with Crippen LogP contribution in [0.15, 0.2) is 0 Å². The molecule has 0 aliphatic rings. The number of carbonyl (C=O) groups excluding carboxylic acids is 4. The summed E-state index contributed by atoms with van der Waals surface area (Å²) >= 11 is 0. The number of ether oxygens (including phenoxy) is 4. The van der Waals surface area contributed by atoms with Crippen LogP contribution in [0.2, 0.25) is 0 Å². The van der Waals surface area contributed by atoms with Gasteiger partial charge < -0.3 is 33.8 Å². The van der Waals surface area contributed by atoms with Crippen LogP contribution in [0, 0.1) is 17.8 Å². The first-order valence-electron chi connectivity index (χ1n) is 32.3. The summed E-state index contributed by atoms with van der Waals surface area (Å²) in [5, 5.41) is 10.5. The molecule has 480 valence electrons. The number of phosphoric acid groups is 2. The molecular formula is C62H120O17P2. The van der Waals surface area contributed by atoms with Crippen molar-refractivity contribution in [2.45, 2.75) is 317 Å². The normalized spacial score (nSPS) is 14.4. The van der Waals surface area contributed by atoms with Crippen LogP contribution in [0.3, 0.4) is 0 Å². The Hall–Kier alpha value is -1.94. The Bertz CT molecular complexity index is 1610. The second kappa shape index (κ2) is 53.5. The fraction of sp³-hybridized carbons (Fsp3) is 0.935. The number of rotatable bonds is 60. The summed E-state index contributed by atoms with van der Waals surface area (Å²) in [5.41, 5.74) is 0. The van der Waals surface area contributed by atoms with E-state index in [9.17, 15) is 43.2 Å². The van der Waals surface area contributed by atoms with Crippen molar-refractivity contribution in [1.29, 1.82) is 0 Å². The van der Waals surface area contributed by atoms with Crippen molar-refractivity contribution in [3.05, 3.63) is 0 Å². The predicted octanol–water partition coefficient (Wildman–Crippen LogP) is 16.7. The quantitative estimate of drug-likeness (QED) is 0.0222. The Kier molecular flexibility index (Phi) is 52.2. The van der Waals surface area contributed by atoms with Gasteiger partial charge in [0.05, 0.1) is 26.4 Å². The Morgan fingerprint density at radius 2 is 0.568 bits per heavy atom. The number of hydrogen-bond donors (Lipinski definition) is 3. The molecule has 0 aromatic carbocycles. The fourth-order valence-electron chi connectivity index (χ4n) is 9.13. The van der Waals surface area contributed by atoms with E-state index in [1.807, 2.05) is 0 Å². The van der Waals surface area contributed by atoms with Gasteiger partial charge in [0.2, 0.25) is 0 Å². The smallest absolute Gasteiger partial charge is 0.462 e. The van der Waals surface area contributed by atoms with Crippen molar-refractivity contribution in [2.24, 2.45) is 17.8 Å². The molecule has 5 atom stereocenters. The molecule has 81 heavy (non-hydrogen) atoms. The van der Waals surface area contributed by atoms with Crippen LogP contribution in [0.4, 0.5) is 0 Å². The van der Waals surface area contributed by atoms with Crippen LogP contribution in [-0.2, 0) is 65.4 Å². The van der Waals surface area contributed by atoms with Gasteiger partial charge in [0.25, 0.3) is 0 Å². The van der Waals surface area contributed by atoms with Gasteiger partial charge in [-0.25, -0.2) is 9.13 Å². The van der Waals surface area contributed by atoms with E-state index in [4.69, 9.17) is 37.0 Å². The van der Waals surface area contributed by atoms with Gasteiger partial charge in [-0.1, -0.05) is 248 Å². The van der Waals surface area contributed by atoms with E-state index in [-0.39, 0.29) is 25.7 Å². The summed E-state index contributed by atoms with van der Waals surface area (Å²) in [6.07, 6.45) is 33.7. The van der Waals surface area contributed by atoms with Crippen molar-refractivity contribution in [2.75, 3.05) is 39.6 Å². The van der Waals surface area contributed by atoms with Gasteiger partial charge >= 0.3 is 39.5 Å². The highest BCUT2D eigenvalue weighted by atomic mass is 31.2. The first kappa shape index (κ1) is 79.1. The zero-order chi connectivity index (χ0) is 60.3. The van der Waals surface area contributed by atoms with Crippen molar-refractivity contribution >= 4 is 39.5 Å². The van der Waals surface area contributed by atoms with E-state index in [2.05, 4.69) is 48.5 Å². The van der Waals surface area contributed by atoms with E-state index >= 15 is 0 Å². The van der Waals surface area contributed by atoms with Crippen LogP contribution < -0.4 is 0 Å². The third-order valence-corrected chi connectivity index (χ3v) is 16.0. The van der Waals surface area contributed by atoms with Gasteiger partial charge in [-0.05, 0) is 43.4 Å². The van der Waals surface area contributed by atoms with Gasteiger partial charge in [-0.15, -0.1) is 0 Å². The highest BCUT2D eigenvalue weighted by Crippen LogP contribution is 2.45. The summed E-state index contributed by atoms with van der Waals surface area (Å²) in [4.78, 5) is 72.0. The number of esters is 4. The van der Waals surface area contributed by atoms with Crippen molar-refractivity contribution in [1.82, 2.24) is 0 Å². The second-order valence-electron chi connectivity index (χ2n) is 23.9. The third-order valence-electron chi connectivity index (χ3n) is 14.1. The molecule has 19 heteroatoms. The molecule has 0 saturated heterocycles. The summed E-state index contributed by atoms with van der Waals surface area (Å²) in [5.74, 6) is -0.0201. The minimum absolute atomic E-state index is 0.104. The van der Waals surface area contributed by atoms with Gasteiger partial charge in [0.1, 0.15) is 19.3 Å². The molecule has 0 aliphatic carbocycles. The highest BCUT2D eigenvalue weighted by molar-refractivity contribution is 7.47. The second-order valence-corrected chi connectivity index (χ2v) is 26.8. The topological polar surface area (TPSA) is 237 Å². The number of aliphatic hydroxyl groups excluding tert-OH is 1. The molecule has 3 N–H and O–H groups in total. The Labute approximate surface area is 492 Å². The van der Waals surface area contributed by atoms with E-state index in [1.165, 1.54) is 96.3 Å². The molecule has 0 amide bonds. The average molecular weight is 1200 g/mol. The number of hydrogen-bond acceptors (Lipinski definition) is 15. The van der Waals surface area contributed by atoms with Crippen LogP contribution in [0.1, 0.15) is 299 Å². The molecule has 17 nitrogen and oxygen atoms in total. The summed E-state index contributed by atoms with van der Waals surface area (Å²) in [7, 11) is -9.88. The lowest BCUT2D eigenvalue weighted by Crippen LogP contribution is -2.30. The maximum absolute atomic E-state index is 12.9. The maximum atomic E-state index is 12.9. The Morgan fingerprint density at radius 1 is 0.333 bits per heavy atom.